The summed E-state index contributed by atoms with van der Waals surface area (Å²) in [6.07, 6.45) is 1.03. The molecular formula is C30H24F3N7O2. The minimum absolute atomic E-state index is 0.0850. The Hall–Kier alpha value is -5.26. The molecule has 0 fully saturated rings. The maximum atomic E-state index is 15.0. The van der Waals surface area contributed by atoms with Gasteiger partial charge in [-0.25, -0.2) is 32.8 Å². The molecule has 42 heavy (non-hydrogen) atoms. The monoisotopic (exact) mass is 571 g/mol. The highest BCUT2D eigenvalue weighted by Gasteiger charge is 2.26. The number of nitrogens with zero attached hydrogens (tertiary/aromatic N) is 6. The molecule has 212 valence electrons. The molecule has 0 aliphatic heterocycles. The van der Waals surface area contributed by atoms with Gasteiger partial charge in [-0.2, -0.15) is 5.10 Å². The molecule has 1 atom stereocenters. The van der Waals surface area contributed by atoms with Crippen molar-refractivity contribution in [3.63, 3.8) is 0 Å². The van der Waals surface area contributed by atoms with Gasteiger partial charge in [0.2, 0.25) is 0 Å². The molecule has 3 aromatic carbocycles. The molecule has 0 bridgehead atoms. The molecule has 0 saturated carbocycles. The van der Waals surface area contributed by atoms with Crippen LogP contribution in [0.2, 0.25) is 0 Å². The maximum absolute atomic E-state index is 15.0. The number of anilines is 1. The van der Waals surface area contributed by atoms with Gasteiger partial charge in [0, 0.05) is 5.56 Å². The molecule has 1 unspecified atom stereocenters. The summed E-state index contributed by atoms with van der Waals surface area (Å²) < 4.78 is 52.3. The third-order valence-corrected chi connectivity index (χ3v) is 6.77. The van der Waals surface area contributed by atoms with Crippen LogP contribution in [0.5, 0.6) is 5.75 Å². The van der Waals surface area contributed by atoms with Crippen molar-refractivity contribution in [3.05, 3.63) is 101 Å². The predicted octanol–water partition coefficient (Wildman–Crippen LogP) is 5.59. The van der Waals surface area contributed by atoms with Gasteiger partial charge < -0.3 is 10.5 Å². The van der Waals surface area contributed by atoms with E-state index in [9.17, 15) is 18.0 Å². The number of hydrogen-bond acceptors (Lipinski definition) is 7. The molecule has 3 heterocycles. The molecule has 6 aromatic rings. The third kappa shape index (κ3) is 4.50. The van der Waals surface area contributed by atoms with Crippen LogP contribution in [-0.2, 0) is 0 Å². The molecule has 0 radical (unpaired) electrons. The highest BCUT2D eigenvalue weighted by atomic mass is 19.1. The highest BCUT2D eigenvalue weighted by Crippen LogP contribution is 2.35. The summed E-state index contributed by atoms with van der Waals surface area (Å²) in [7, 11) is 0. The van der Waals surface area contributed by atoms with Gasteiger partial charge in [-0.15, -0.1) is 0 Å². The van der Waals surface area contributed by atoms with E-state index in [-0.39, 0.29) is 51.4 Å². The van der Waals surface area contributed by atoms with Crippen LogP contribution < -0.4 is 16.0 Å². The van der Waals surface area contributed by atoms with E-state index in [1.165, 1.54) is 53.5 Å². The normalized spacial score (nSPS) is 12.4. The Morgan fingerprint density at radius 3 is 2.43 bits per heavy atom. The number of aromatic nitrogens is 6. The first-order valence-corrected chi connectivity index (χ1v) is 13.1. The van der Waals surface area contributed by atoms with Gasteiger partial charge in [-0.05, 0) is 69.3 Å². The topological polar surface area (TPSA) is 114 Å². The molecule has 6 rings (SSSR count). The Kier molecular flexibility index (Phi) is 6.60. The number of ether oxygens (including phenoxy) is 1. The number of fused-ring (bicyclic) bond motifs is 2. The zero-order valence-corrected chi connectivity index (χ0v) is 22.7. The summed E-state index contributed by atoms with van der Waals surface area (Å²) >= 11 is 0. The third-order valence-electron chi connectivity index (χ3n) is 6.77. The number of halogens is 3. The van der Waals surface area contributed by atoms with Gasteiger partial charge in [0.15, 0.2) is 17.2 Å². The van der Waals surface area contributed by atoms with Crippen molar-refractivity contribution in [2.24, 2.45) is 0 Å². The van der Waals surface area contributed by atoms with Crippen molar-refractivity contribution in [3.8, 4) is 22.7 Å². The zero-order chi connectivity index (χ0) is 29.7. The molecule has 0 amide bonds. The smallest absolute Gasteiger partial charge is 0.269 e. The largest absolute Gasteiger partial charge is 0.488 e. The van der Waals surface area contributed by atoms with Crippen molar-refractivity contribution < 1.29 is 17.9 Å². The molecular weight excluding hydrogens is 547 g/mol. The lowest BCUT2D eigenvalue weighted by Gasteiger charge is -2.19. The fourth-order valence-electron chi connectivity index (χ4n) is 4.93. The van der Waals surface area contributed by atoms with Crippen molar-refractivity contribution in [2.75, 3.05) is 5.73 Å². The van der Waals surface area contributed by atoms with Crippen LogP contribution in [0.3, 0.4) is 0 Å². The molecule has 9 nitrogen and oxygen atoms in total. The quantitative estimate of drug-likeness (QED) is 0.277. The second-order valence-electron chi connectivity index (χ2n) is 9.96. The van der Waals surface area contributed by atoms with Crippen LogP contribution >= 0.6 is 0 Å². The number of nitrogen functional groups attached to an aromatic ring is 1. The molecule has 3 aromatic heterocycles. The number of rotatable bonds is 6. The average Bonchev–Trinajstić information content (AvgIpc) is 3.34. The van der Waals surface area contributed by atoms with Gasteiger partial charge in [-0.3, -0.25) is 9.36 Å². The van der Waals surface area contributed by atoms with Crippen molar-refractivity contribution in [1.29, 1.82) is 0 Å². The van der Waals surface area contributed by atoms with Crippen molar-refractivity contribution in [2.45, 2.75) is 32.9 Å². The Morgan fingerprint density at radius 2 is 1.69 bits per heavy atom. The van der Waals surface area contributed by atoms with Crippen LogP contribution in [0.1, 0.15) is 32.6 Å². The van der Waals surface area contributed by atoms with E-state index in [1.807, 2.05) is 0 Å². The van der Waals surface area contributed by atoms with Crippen LogP contribution in [0, 0.1) is 17.5 Å². The number of hydrogen-bond donors (Lipinski definition) is 1. The van der Waals surface area contributed by atoms with Crippen molar-refractivity contribution >= 4 is 27.8 Å². The Labute approximate surface area is 237 Å². The first-order valence-electron chi connectivity index (χ1n) is 13.1. The van der Waals surface area contributed by atoms with E-state index in [0.29, 0.717) is 10.9 Å². The molecule has 12 heteroatoms. The van der Waals surface area contributed by atoms with Crippen LogP contribution in [-0.4, -0.2) is 35.4 Å². The lowest BCUT2D eigenvalue weighted by molar-refractivity contribution is 0.231. The summed E-state index contributed by atoms with van der Waals surface area (Å²) in [6.45, 7) is 5.29. The summed E-state index contributed by atoms with van der Waals surface area (Å²) in [5, 5.41) is 4.84. The SMILES string of the molecule is CC(C)Oc1ccc(-c2nn(C(C)c3nc4cccc(F)c4c(=O)n3-c3cccc(F)c3)c3ncnc(N)c23)cc1F. The van der Waals surface area contributed by atoms with E-state index in [4.69, 9.17) is 15.6 Å². The minimum Gasteiger partial charge on any atom is -0.488 e. The molecule has 2 N–H and O–H groups in total. The first kappa shape index (κ1) is 26.9. The summed E-state index contributed by atoms with van der Waals surface area (Å²) in [4.78, 5) is 26.9. The number of nitrogens with two attached hydrogens (primary N) is 1. The van der Waals surface area contributed by atoms with Crippen molar-refractivity contribution in [1.82, 2.24) is 29.3 Å². The number of benzene rings is 3. The highest BCUT2D eigenvalue weighted by molar-refractivity contribution is 5.98. The summed E-state index contributed by atoms with van der Waals surface area (Å²) in [5.74, 6) is -1.62. The van der Waals surface area contributed by atoms with E-state index >= 15 is 0 Å². The Morgan fingerprint density at radius 1 is 0.905 bits per heavy atom. The predicted molar refractivity (Wildman–Crippen MR) is 152 cm³/mol. The Bertz CT molecular complexity index is 2060. The van der Waals surface area contributed by atoms with Gasteiger partial charge in [0.05, 0.1) is 22.7 Å². The second kappa shape index (κ2) is 10.3. The van der Waals surface area contributed by atoms with Gasteiger partial charge in [-0.1, -0.05) is 12.1 Å². The standard InChI is InChI=1S/C30H24F3N7O2/c1-15(2)42-23-11-10-17(12-21(23)33)26-25-27(34)35-14-36-29(25)40(38-26)16(3)28-37-22-9-5-8-20(32)24(22)30(41)39(28)19-7-4-6-18(31)13-19/h4-16H,1-3H3,(H2,34,35,36). The minimum atomic E-state index is -0.826. The van der Waals surface area contributed by atoms with E-state index in [0.717, 1.165) is 16.7 Å². The average molecular weight is 572 g/mol. The first-order chi connectivity index (χ1) is 20.1. The van der Waals surface area contributed by atoms with E-state index in [1.54, 1.807) is 26.8 Å². The fourth-order valence-corrected chi connectivity index (χ4v) is 4.93. The van der Waals surface area contributed by atoms with E-state index < -0.39 is 29.1 Å². The lowest BCUT2D eigenvalue weighted by atomic mass is 10.1. The maximum Gasteiger partial charge on any atom is 0.269 e. The van der Waals surface area contributed by atoms with Gasteiger partial charge in [0.1, 0.15) is 46.7 Å². The zero-order valence-electron chi connectivity index (χ0n) is 22.7. The van der Waals surface area contributed by atoms with Crippen LogP contribution in [0.25, 0.3) is 38.9 Å². The second-order valence-corrected chi connectivity index (χ2v) is 9.96. The van der Waals surface area contributed by atoms with Crippen LogP contribution in [0.4, 0.5) is 19.0 Å². The van der Waals surface area contributed by atoms with Crippen LogP contribution in [0.15, 0.2) is 71.8 Å². The molecule has 0 saturated heterocycles. The summed E-state index contributed by atoms with van der Waals surface area (Å²) in [6, 6.07) is 13.1. The summed E-state index contributed by atoms with van der Waals surface area (Å²) in [5.41, 5.74) is 6.75. The van der Waals surface area contributed by atoms with Gasteiger partial charge in [0.25, 0.3) is 5.56 Å². The molecule has 0 spiro atoms. The molecule has 0 aliphatic rings. The fraction of sp³-hybridized carbons (Fsp3) is 0.167. The van der Waals surface area contributed by atoms with Gasteiger partial charge >= 0.3 is 0 Å². The lowest BCUT2D eigenvalue weighted by Crippen LogP contribution is -2.28. The molecule has 0 aliphatic carbocycles. The Balaban J connectivity index is 1.60. The van der Waals surface area contributed by atoms with E-state index in [2.05, 4.69) is 15.0 Å².